The van der Waals surface area contributed by atoms with Crippen molar-refractivity contribution in [3.05, 3.63) is 100 Å². The predicted molar refractivity (Wildman–Crippen MR) is 134 cm³/mol. The van der Waals surface area contributed by atoms with Crippen molar-refractivity contribution < 1.29 is 13.2 Å². The molecule has 0 spiro atoms. The Morgan fingerprint density at radius 1 is 0.853 bits per heavy atom. The van der Waals surface area contributed by atoms with Crippen LogP contribution in [0, 0.1) is 6.92 Å². The summed E-state index contributed by atoms with van der Waals surface area (Å²) >= 11 is 0. The Morgan fingerprint density at radius 3 is 2.21 bits per heavy atom. The number of nitrogens with zero attached hydrogens (tertiary/aromatic N) is 2. The monoisotopic (exact) mass is 473 g/mol. The zero-order valence-corrected chi connectivity index (χ0v) is 19.9. The lowest BCUT2D eigenvalue weighted by atomic mass is 10.1. The summed E-state index contributed by atoms with van der Waals surface area (Å²) in [5.41, 5.74) is 4.00. The smallest absolute Gasteiger partial charge is 0.269 e. The van der Waals surface area contributed by atoms with Crippen molar-refractivity contribution in [2.24, 2.45) is 0 Å². The minimum atomic E-state index is -3.92. The molecule has 1 saturated heterocycles. The zero-order valence-electron chi connectivity index (χ0n) is 19.1. The summed E-state index contributed by atoms with van der Waals surface area (Å²) < 4.78 is 26.9. The van der Waals surface area contributed by atoms with E-state index in [1.54, 1.807) is 30.3 Å². The minimum absolute atomic E-state index is 0.161. The summed E-state index contributed by atoms with van der Waals surface area (Å²) in [6.07, 6.45) is 0. The lowest BCUT2D eigenvalue weighted by Gasteiger charge is -2.37. The summed E-state index contributed by atoms with van der Waals surface area (Å²) in [6.45, 7) is 5.67. The number of sulfone groups is 1. The fourth-order valence-corrected chi connectivity index (χ4v) is 6.32. The van der Waals surface area contributed by atoms with Crippen molar-refractivity contribution in [2.45, 2.75) is 18.4 Å². The van der Waals surface area contributed by atoms with Crippen LogP contribution in [0.15, 0.2) is 88.7 Å². The number of piperazine rings is 1. The van der Waals surface area contributed by atoms with Gasteiger partial charge >= 0.3 is 0 Å². The molecule has 0 saturated carbocycles. The number of nitrogens with one attached hydrogen (secondary N) is 1. The summed E-state index contributed by atoms with van der Waals surface area (Å²) in [6, 6.07) is 24.5. The van der Waals surface area contributed by atoms with E-state index in [0.29, 0.717) is 30.0 Å². The highest BCUT2D eigenvalue weighted by Gasteiger charge is 2.42. The van der Waals surface area contributed by atoms with Crippen molar-refractivity contribution in [1.29, 1.82) is 0 Å². The van der Waals surface area contributed by atoms with Crippen LogP contribution < -0.4 is 5.32 Å². The molecular weight excluding hydrogens is 446 g/mol. The number of amides is 1. The number of carbonyl (C=O) groups excluding carboxylic acids is 1. The van der Waals surface area contributed by atoms with Crippen molar-refractivity contribution >= 4 is 27.1 Å². The molecule has 5 rings (SSSR count). The van der Waals surface area contributed by atoms with Gasteiger partial charge in [-0.3, -0.25) is 9.69 Å². The average Bonchev–Trinajstić information content (AvgIpc) is 3.09. The molecule has 3 aromatic rings. The van der Waals surface area contributed by atoms with Gasteiger partial charge in [0.25, 0.3) is 5.91 Å². The van der Waals surface area contributed by atoms with E-state index in [9.17, 15) is 13.2 Å². The third-order valence-electron chi connectivity index (χ3n) is 6.37. The number of carbonyl (C=O) groups is 1. The van der Waals surface area contributed by atoms with E-state index in [1.165, 1.54) is 5.56 Å². The van der Waals surface area contributed by atoms with Gasteiger partial charge in [-0.1, -0.05) is 66.2 Å². The van der Waals surface area contributed by atoms with E-state index in [1.807, 2.05) is 43.3 Å². The lowest BCUT2D eigenvalue weighted by molar-refractivity contribution is -0.112. The first-order chi connectivity index (χ1) is 16.4. The second-order valence-electron chi connectivity index (χ2n) is 8.75. The molecule has 1 N–H and O–H groups in total. The molecule has 0 aliphatic carbocycles. The van der Waals surface area contributed by atoms with Gasteiger partial charge in [-0.25, -0.2) is 8.42 Å². The van der Waals surface area contributed by atoms with Crippen molar-refractivity contribution in [2.75, 3.05) is 31.5 Å². The van der Waals surface area contributed by atoms with Crippen LogP contribution in [0.1, 0.15) is 16.7 Å². The van der Waals surface area contributed by atoms with Crippen molar-refractivity contribution in [1.82, 2.24) is 9.80 Å². The zero-order chi connectivity index (χ0) is 23.7. The molecule has 2 aliphatic heterocycles. The summed E-state index contributed by atoms with van der Waals surface area (Å²) in [5.74, 6) is -0.596. The molecule has 6 nitrogen and oxygen atoms in total. The van der Waals surface area contributed by atoms with E-state index < -0.39 is 15.7 Å². The number of fused-ring (bicyclic) bond motifs is 1. The van der Waals surface area contributed by atoms with Crippen LogP contribution in [-0.4, -0.2) is 50.3 Å². The first-order valence-electron chi connectivity index (χ1n) is 11.4. The standard InChI is InChI=1S/C27H27N3O3S/c1-20-11-13-22(14-12-20)28-27(31)26-25(23-9-5-6-10-24(23)34(26,32)33)30-17-15-29(16-18-30)19-21-7-3-2-4-8-21/h2-14H,15-19H2,1H3,(H,28,31). The quantitative estimate of drug-likeness (QED) is 0.609. The molecule has 2 heterocycles. The fourth-order valence-electron chi connectivity index (χ4n) is 4.60. The second-order valence-corrected chi connectivity index (χ2v) is 10.6. The summed E-state index contributed by atoms with van der Waals surface area (Å²) in [4.78, 5) is 17.8. The van der Waals surface area contributed by atoms with Crippen molar-refractivity contribution in [3.63, 3.8) is 0 Å². The number of benzene rings is 3. The van der Waals surface area contributed by atoms with E-state index in [4.69, 9.17) is 0 Å². The number of aryl methyl sites for hydroxylation is 1. The molecule has 34 heavy (non-hydrogen) atoms. The van der Waals surface area contributed by atoms with Gasteiger partial charge in [0.1, 0.15) is 0 Å². The number of hydrogen-bond donors (Lipinski definition) is 1. The SMILES string of the molecule is Cc1ccc(NC(=O)C2=C(N3CCN(Cc4ccccc4)CC3)c3ccccc3S2(=O)=O)cc1. The van der Waals surface area contributed by atoms with Gasteiger partial charge in [0.05, 0.1) is 10.6 Å². The molecule has 7 heteroatoms. The van der Waals surface area contributed by atoms with Crippen molar-refractivity contribution in [3.8, 4) is 0 Å². The molecule has 3 aromatic carbocycles. The van der Waals surface area contributed by atoms with E-state index in [-0.39, 0.29) is 9.80 Å². The highest BCUT2D eigenvalue weighted by atomic mass is 32.2. The van der Waals surface area contributed by atoms with Gasteiger partial charge in [-0.15, -0.1) is 0 Å². The number of rotatable bonds is 5. The first-order valence-corrected chi connectivity index (χ1v) is 12.9. The molecule has 0 radical (unpaired) electrons. The van der Waals surface area contributed by atoms with E-state index >= 15 is 0 Å². The predicted octanol–water partition coefficient (Wildman–Crippen LogP) is 3.91. The Morgan fingerprint density at radius 2 is 1.50 bits per heavy atom. The van der Waals surface area contributed by atoms with Crippen LogP contribution >= 0.6 is 0 Å². The van der Waals surface area contributed by atoms with Crippen LogP contribution in [0.3, 0.4) is 0 Å². The number of hydrogen-bond acceptors (Lipinski definition) is 5. The van der Waals surface area contributed by atoms with Gasteiger partial charge in [-0.05, 0) is 30.7 Å². The molecular formula is C27H27N3O3S. The minimum Gasteiger partial charge on any atom is -0.367 e. The largest absolute Gasteiger partial charge is 0.367 e. The maximum absolute atomic E-state index is 13.5. The fraction of sp³-hybridized carbons (Fsp3) is 0.222. The lowest BCUT2D eigenvalue weighted by Crippen LogP contribution is -2.45. The Labute approximate surface area is 200 Å². The summed E-state index contributed by atoms with van der Waals surface area (Å²) in [5, 5.41) is 2.80. The molecule has 1 amide bonds. The topological polar surface area (TPSA) is 69.7 Å². The molecule has 0 aromatic heterocycles. The van der Waals surface area contributed by atoms with Gasteiger partial charge in [0, 0.05) is 44.0 Å². The third-order valence-corrected chi connectivity index (χ3v) is 8.22. The number of anilines is 1. The first kappa shape index (κ1) is 22.4. The van der Waals surface area contributed by atoms with Crippen LogP contribution in [-0.2, 0) is 21.2 Å². The van der Waals surface area contributed by atoms with E-state index in [2.05, 4.69) is 27.2 Å². The third kappa shape index (κ3) is 4.24. The van der Waals surface area contributed by atoms with E-state index in [0.717, 1.165) is 25.2 Å². The summed E-state index contributed by atoms with van der Waals surface area (Å²) in [7, 11) is -3.92. The molecule has 0 bridgehead atoms. The van der Waals surface area contributed by atoms with Crippen LogP contribution in [0.2, 0.25) is 0 Å². The van der Waals surface area contributed by atoms with Crippen LogP contribution in [0.25, 0.3) is 5.70 Å². The maximum atomic E-state index is 13.5. The second kappa shape index (κ2) is 9.08. The van der Waals surface area contributed by atoms with Gasteiger partial charge in [0.15, 0.2) is 4.91 Å². The molecule has 2 aliphatic rings. The molecule has 0 unspecified atom stereocenters. The molecule has 174 valence electrons. The van der Waals surface area contributed by atoms with Gasteiger partial charge < -0.3 is 10.2 Å². The van der Waals surface area contributed by atoms with Gasteiger partial charge in [0.2, 0.25) is 9.84 Å². The highest BCUT2D eigenvalue weighted by molar-refractivity contribution is 7.97. The normalized spacial score (nSPS) is 17.5. The maximum Gasteiger partial charge on any atom is 0.269 e. The Balaban J connectivity index is 1.44. The van der Waals surface area contributed by atoms with Gasteiger partial charge in [-0.2, -0.15) is 0 Å². The van der Waals surface area contributed by atoms with Crippen LogP contribution in [0.4, 0.5) is 5.69 Å². The Hall–Kier alpha value is -3.42. The Kier molecular flexibility index (Phi) is 5.98. The Bertz CT molecular complexity index is 1340. The molecule has 0 atom stereocenters. The highest BCUT2D eigenvalue weighted by Crippen LogP contribution is 2.41. The average molecular weight is 474 g/mol. The molecule has 1 fully saturated rings. The van der Waals surface area contributed by atoms with Crippen LogP contribution in [0.5, 0.6) is 0 Å².